The monoisotopic (exact) mass is 193 g/mol. The van der Waals surface area contributed by atoms with Gasteiger partial charge in [0.15, 0.2) is 0 Å². The number of hydrogen-bond donors (Lipinski definition) is 1. The first kappa shape index (κ1) is 10.2. The fourth-order valence-electron chi connectivity index (χ4n) is 2.76. The molecule has 0 heterocycles. The predicted octanol–water partition coefficient (Wildman–Crippen LogP) is 2.98. The summed E-state index contributed by atoms with van der Waals surface area (Å²) in [6.07, 6.45) is 8.81. The number of rotatable bonds is 4. The van der Waals surface area contributed by atoms with E-state index in [1.165, 1.54) is 19.3 Å². The van der Waals surface area contributed by atoms with Crippen molar-refractivity contribution in [3.8, 4) is 0 Å². The minimum atomic E-state index is 0.681. The SMILES string of the molecule is CCC(C)C(C)NC1CC2CC=CC21. The fourth-order valence-corrected chi connectivity index (χ4v) is 2.76. The molecule has 1 nitrogen and oxygen atoms in total. The van der Waals surface area contributed by atoms with Gasteiger partial charge < -0.3 is 5.32 Å². The standard InChI is InChI=1S/C13H23N/c1-4-9(2)10(3)14-13-8-11-6-5-7-12(11)13/h5,7,9-14H,4,6,8H2,1-3H3. The quantitative estimate of drug-likeness (QED) is 0.677. The van der Waals surface area contributed by atoms with Crippen LogP contribution >= 0.6 is 0 Å². The molecule has 0 aliphatic heterocycles. The van der Waals surface area contributed by atoms with Crippen molar-refractivity contribution in [3.05, 3.63) is 12.2 Å². The summed E-state index contributed by atoms with van der Waals surface area (Å²) in [5.41, 5.74) is 0. The number of allylic oxidation sites excluding steroid dienone is 1. The summed E-state index contributed by atoms with van der Waals surface area (Å²) in [5, 5.41) is 3.79. The van der Waals surface area contributed by atoms with Crippen molar-refractivity contribution >= 4 is 0 Å². The van der Waals surface area contributed by atoms with Crippen molar-refractivity contribution in [2.24, 2.45) is 17.8 Å². The predicted molar refractivity (Wildman–Crippen MR) is 61.2 cm³/mol. The molecule has 1 saturated carbocycles. The molecule has 80 valence electrons. The lowest BCUT2D eigenvalue weighted by atomic mass is 9.71. The molecular weight excluding hydrogens is 170 g/mol. The van der Waals surface area contributed by atoms with E-state index in [4.69, 9.17) is 0 Å². The molecule has 0 aromatic rings. The zero-order chi connectivity index (χ0) is 10.1. The average Bonchev–Trinajstić information content (AvgIpc) is 2.54. The topological polar surface area (TPSA) is 12.0 Å². The molecule has 14 heavy (non-hydrogen) atoms. The Hall–Kier alpha value is -0.300. The van der Waals surface area contributed by atoms with Gasteiger partial charge in [0, 0.05) is 12.1 Å². The first-order valence-electron chi connectivity index (χ1n) is 6.15. The van der Waals surface area contributed by atoms with Crippen LogP contribution in [0.5, 0.6) is 0 Å². The molecule has 1 heteroatoms. The van der Waals surface area contributed by atoms with Crippen LogP contribution < -0.4 is 5.32 Å². The first-order chi connectivity index (χ1) is 6.72. The highest BCUT2D eigenvalue weighted by atomic mass is 15.0. The Kier molecular flexibility index (Phi) is 2.96. The van der Waals surface area contributed by atoms with E-state index in [1.54, 1.807) is 0 Å². The van der Waals surface area contributed by atoms with Gasteiger partial charge >= 0.3 is 0 Å². The molecule has 2 aliphatic rings. The van der Waals surface area contributed by atoms with E-state index in [9.17, 15) is 0 Å². The molecule has 0 spiro atoms. The Bertz CT molecular complexity index is 221. The summed E-state index contributed by atoms with van der Waals surface area (Å²) in [6, 6.07) is 1.46. The Morgan fingerprint density at radius 3 is 2.86 bits per heavy atom. The third-order valence-electron chi connectivity index (χ3n) is 4.34. The Balaban J connectivity index is 1.79. The van der Waals surface area contributed by atoms with Crippen molar-refractivity contribution in [1.29, 1.82) is 0 Å². The average molecular weight is 193 g/mol. The number of nitrogens with one attached hydrogen (secondary N) is 1. The molecule has 2 rings (SSSR count). The molecule has 1 N–H and O–H groups in total. The molecule has 0 aromatic carbocycles. The van der Waals surface area contributed by atoms with Crippen molar-refractivity contribution in [1.82, 2.24) is 5.32 Å². The van der Waals surface area contributed by atoms with E-state index < -0.39 is 0 Å². The Morgan fingerprint density at radius 2 is 2.21 bits per heavy atom. The van der Waals surface area contributed by atoms with Gasteiger partial charge in [0.05, 0.1) is 0 Å². The van der Waals surface area contributed by atoms with Crippen LogP contribution in [0.2, 0.25) is 0 Å². The lowest BCUT2D eigenvalue weighted by molar-refractivity contribution is 0.141. The third-order valence-corrected chi connectivity index (χ3v) is 4.34. The summed E-state index contributed by atoms with van der Waals surface area (Å²) in [5.74, 6) is 2.65. The Labute approximate surface area is 88.0 Å². The zero-order valence-electron chi connectivity index (χ0n) is 9.66. The maximum atomic E-state index is 3.79. The van der Waals surface area contributed by atoms with Crippen LogP contribution in [0.15, 0.2) is 12.2 Å². The van der Waals surface area contributed by atoms with Gasteiger partial charge in [-0.05, 0) is 37.5 Å². The molecule has 0 saturated heterocycles. The smallest absolute Gasteiger partial charge is 0.0138 e. The molecule has 2 aliphatic carbocycles. The van der Waals surface area contributed by atoms with Gasteiger partial charge in [0.1, 0.15) is 0 Å². The van der Waals surface area contributed by atoms with Gasteiger partial charge in [0.2, 0.25) is 0 Å². The van der Waals surface area contributed by atoms with E-state index >= 15 is 0 Å². The van der Waals surface area contributed by atoms with Crippen LogP contribution in [0.25, 0.3) is 0 Å². The maximum Gasteiger partial charge on any atom is 0.0138 e. The second-order valence-electron chi connectivity index (χ2n) is 5.18. The van der Waals surface area contributed by atoms with Crippen molar-refractivity contribution < 1.29 is 0 Å². The zero-order valence-corrected chi connectivity index (χ0v) is 9.66. The number of fused-ring (bicyclic) bond motifs is 1. The van der Waals surface area contributed by atoms with Crippen LogP contribution in [0, 0.1) is 17.8 Å². The molecule has 5 atom stereocenters. The normalized spacial score (nSPS) is 38.9. The lowest BCUT2D eigenvalue weighted by Crippen LogP contribution is -2.52. The summed E-state index contributed by atoms with van der Waals surface area (Å²) in [6.45, 7) is 6.96. The molecule has 0 bridgehead atoms. The van der Waals surface area contributed by atoms with Crippen LogP contribution in [-0.4, -0.2) is 12.1 Å². The highest BCUT2D eigenvalue weighted by Crippen LogP contribution is 2.42. The molecule has 0 amide bonds. The number of hydrogen-bond acceptors (Lipinski definition) is 1. The van der Waals surface area contributed by atoms with Crippen molar-refractivity contribution in [2.45, 2.75) is 52.1 Å². The van der Waals surface area contributed by atoms with Gasteiger partial charge in [-0.25, -0.2) is 0 Å². The molecule has 5 unspecified atom stereocenters. The van der Waals surface area contributed by atoms with Crippen LogP contribution in [0.3, 0.4) is 0 Å². The van der Waals surface area contributed by atoms with Gasteiger partial charge in [-0.3, -0.25) is 0 Å². The fraction of sp³-hybridized carbons (Fsp3) is 0.846. The second kappa shape index (κ2) is 4.06. The minimum absolute atomic E-state index is 0.681. The van der Waals surface area contributed by atoms with E-state index in [2.05, 4.69) is 38.2 Å². The first-order valence-corrected chi connectivity index (χ1v) is 6.15. The van der Waals surface area contributed by atoms with Gasteiger partial charge in [0.25, 0.3) is 0 Å². The molecule has 1 fully saturated rings. The molecular formula is C13H23N. The summed E-state index contributed by atoms with van der Waals surface area (Å²) in [7, 11) is 0. The maximum absolute atomic E-state index is 3.79. The highest BCUT2D eigenvalue weighted by molar-refractivity contribution is 5.13. The van der Waals surface area contributed by atoms with Crippen molar-refractivity contribution in [2.75, 3.05) is 0 Å². The minimum Gasteiger partial charge on any atom is -0.311 e. The lowest BCUT2D eigenvalue weighted by Gasteiger charge is -2.43. The highest BCUT2D eigenvalue weighted by Gasteiger charge is 2.41. The molecule has 0 aromatic heterocycles. The van der Waals surface area contributed by atoms with E-state index in [0.717, 1.165) is 23.8 Å². The second-order valence-corrected chi connectivity index (χ2v) is 5.18. The van der Waals surface area contributed by atoms with Crippen LogP contribution in [0.1, 0.15) is 40.0 Å². The van der Waals surface area contributed by atoms with Crippen LogP contribution in [-0.2, 0) is 0 Å². The summed E-state index contributed by atoms with van der Waals surface area (Å²) >= 11 is 0. The largest absolute Gasteiger partial charge is 0.311 e. The van der Waals surface area contributed by atoms with E-state index in [-0.39, 0.29) is 0 Å². The Morgan fingerprint density at radius 1 is 1.43 bits per heavy atom. The van der Waals surface area contributed by atoms with Crippen LogP contribution in [0.4, 0.5) is 0 Å². The van der Waals surface area contributed by atoms with E-state index in [1.807, 2.05) is 0 Å². The summed E-state index contributed by atoms with van der Waals surface area (Å²) < 4.78 is 0. The summed E-state index contributed by atoms with van der Waals surface area (Å²) in [4.78, 5) is 0. The van der Waals surface area contributed by atoms with Gasteiger partial charge in [-0.2, -0.15) is 0 Å². The van der Waals surface area contributed by atoms with Gasteiger partial charge in [-0.15, -0.1) is 0 Å². The van der Waals surface area contributed by atoms with Crippen molar-refractivity contribution in [3.63, 3.8) is 0 Å². The third kappa shape index (κ3) is 1.75. The molecule has 0 radical (unpaired) electrons. The van der Waals surface area contributed by atoms with E-state index in [0.29, 0.717) is 6.04 Å². The van der Waals surface area contributed by atoms with Gasteiger partial charge in [-0.1, -0.05) is 32.4 Å².